The number of nitrogens with one attached hydrogen (secondary N) is 1. The summed E-state index contributed by atoms with van der Waals surface area (Å²) < 4.78 is 1.67. The molecule has 1 amide bonds. The highest BCUT2D eigenvalue weighted by Gasteiger charge is 2.27. The van der Waals surface area contributed by atoms with Gasteiger partial charge in [-0.05, 0) is 60.4 Å². The Bertz CT molecular complexity index is 737. The topological polar surface area (TPSA) is 75.9 Å². The Balaban J connectivity index is 1.31. The summed E-state index contributed by atoms with van der Waals surface area (Å²) in [6.07, 6.45) is 12.0. The number of likely N-dealkylation sites (tertiary alicyclic amines) is 1. The van der Waals surface area contributed by atoms with Gasteiger partial charge >= 0.3 is 0 Å². The summed E-state index contributed by atoms with van der Waals surface area (Å²) in [4.78, 5) is 15.3. The van der Waals surface area contributed by atoms with Gasteiger partial charge < -0.3 is 5.32 Å². The number of carbonyl (C=O) groups is 1. The quantitative estimate of drug-likeness (QED) is 0.805. The first-order chi connectivity index (χ1) is 13.8. The SMILES string of the molecule is O=C(N[C@H]1CCCN(C2CCCCCC2)C1)c1ccc(Cn2cnnn2)cc1. The predicted octanol–water partition coefficient (Wildman–Crippen LogP) is 2.64. The fraction of sp³-hybridized carbons (Fsp3) is 0.619. The molecule has 1 saturated carbocycles. The molecule has 1 aliphatic carbocycles. The monoisotopic (exact) mass is 382 g/mol. The Morgan fingerprint density at radius 3 is 2.54 bits per heavy atom. The molecule has 4 rings (SSSR count). The van der Waals surface area contributed by atoms with Crippen LogP contribution in [0.15, 0.2) is 30.6 Å². The first-order valence-electron chi connectivity index (χ1n) is 10.6. The second kappa shape index (κ2) is 9.28. The standard InChI is InChI=1S/C21H30N6O/c28-21(18-11-9-17(10-12-18)14-27-16-22-24-25-27)23-19-6-5-13-26(15-19)20-7-3-1-2-4-8-20/h9-12,16,19-20H,1-8,13-15H2,(H,23,28)/t19-/m0/s1. The molecule has 1 aliphatic heterocycles. The average Bonchev–Trinajstić information content (AvgIpc) is 3.08. The highest BCUT2D eigenvalue weighted by molar-refractivity contribution is 5.94. The lowest BCUT2D eigenvalue weighted by molar-refractivity contribution is 0.0860. The minimum absolute atomic E-state index is 0.0293. The van der Waals surface area contributed by atoms with E-state index in [-0.39, 0.29) is 11.9 Å². The Morgan fingerprint density at radius 2 is 1.82 bits per heavy atom. The van der Waals surface area contributed by atoms with Gasteiger partial charge in [0.25, 0.3) is 5.91 Å². The van der Waals surface area contributed by atoms with Gasteiger partial charge in [0.2, 0.25) is 0 Å². The van der Waals surface area contributed by atoms with Gasteiger partial charge in [0.1, 0.15) is 6.33 Å². The summed E-state index contributed by atoms with van der Waals surface area (Å²) in [5, 5.41) is 14.4. The average molecular weight is 383 g/mol. The highest BCUT2D eigenvalue weighted by Crippen LogP contribution is 2.24. The molecule has 28 heavy (non-hydrogen) atoms. The minimum atomic E-state index is 0.0293. The van der Waals surface area contributed by atoms with Gasteiger partial charge in [-0.3, -0.25) is 9.69 Å². The molecule has 7 nitrogen and oxygen atoms in total. The molecule has 150 valence electrons. The molecule has 0 spiro atoms. The lowest BCUT2D eigenvalue weighted by atomic mass is 9.99. The number of hydrogen-bond acceptors (Lipinski definition) is 5. The number of amides is 1. The van der Waals surface area contributed by atoms with Crippen LogP contribution in [0.1, 0.15) is 67.3 Å². The van der Waals surface area contributed by atoms with Crippen molar-refractivity contribution in [2.75, 3.05) is 13.1 Å². The number of hydrogen-bond donors (Lipinski definition) is 1. The number of carbonyl (C=O) groups excluding carboxylic acids is 1. The lowest BCUT2D eigenvalue weighted by Gasteiger charge is -2.38. The maximum atomic E-state index is 12.7. The van der Waals surface area contributed by atoms with E-state index in [0.717, 1.165) is 18.5 Å². The van der Waals surface area contributed by atoms with Crippen molar-refractivity contribution in [3.8, 4) is 0 Å². The van der Waals surface area contributed by atoms with Crippen LogP contribution in [-0.2, 0) is 6.54 Å². The summed E-state index contributed by atoms with van der Waals surface area (Å²) in [6, 6.07) is 8.69. The van der Waals surface area contributed by atoms with Crippen LogP contribution in [-0.4, -0.2) is 56.2 Å². The highest BCUT2D eigenvalue weighted by atomic mass is 16.1. The number of benzene rings is 1. The summed E-state index contributed by atoms with van der Waals surface area (Å²) in [5.41, 5.74) is 1.79. The van der Waals surface area contributed by atoms with Crippen molar-refractivity contribution >= 4 is 5.91 Å². The van der Waals surface area contributed by atoms with E-state index in [1.54, 1.807) is 11.0 Å². The summed E-state index contributed by atoms with van der Waals surface area (Å²) in [5.74, 6) is 0.0293. The maximum absolute atomic E-state index is 12.7. The second-order valence-corrected chi connectivity index (χ2v) is 8.16. The molecule has 0 bridgehead atoms. The fourth-order valence-corrected chi connectivity index (χ4v) is 4.55. The van der Waals surface area contributed by atoms with Crippen LogP contribution in [0.3, 0.4) is 0 Å². The molecule has 0 radical (unpaired) electrons. The molecule has 1 aromatic heterocycles. The molecular weight excluding hydrogens is 352 g/mol. The molecule has 1 atom stereocenters. The van der Waals surface area contributed by atoms with Crippen LogP contribution in [0, 0.1) is 0 Å². The lowest BCUT2D eigenvalue weighted by Crippen LogP contribution is -2.50. The molecule has 0 unspecified atom stereocenters. The second-order valence-electron chi connectivity index (χ2n) is 8.16. The van der Waals surface area contributed by atoms with E-state index in [0.29, 0.717) is 18.2 Å². The van der Waals surface area contributed by atoms with E-state index in [4.69, 9.17) is 0 Å². The summed E-state index contributed by atoms with van der Waals surface area (Å²) in [6.45, 7) is 2.78. The molecule has 2 aliphatic rings. The zero-order chi connectivity index (χ0) is 19.2. The zero-order valence-electron chi connectivity index (χ0n) is 16.5. The number of rotatable bonds is 5. The largest absolute Gasteiger partial charge is 0.348 e. The third-order valence-corrected chi connectivity index (χ3v) is 6.08. The van der Waals surface area contributed by atoms with E-state index in [9.17, 15) is 4.79 Å². The van der Waals surface area contributed by atoms with Crippen LogP contribution in [0.25, 0.3) is 0 Å². The Morgan fingerprint density at radius 1 is 1.04 bits per heavy atom. The van der Waals surface area contributed by atoms with Crippen LogP contribution in [0.5, 0.6) is 0 Å². The van der Waals surface area contributed by atoms with Crippen LogP contribution in [0.4, 0.5) is 0 Å². The fourth-order valence-electron chi connectivity index (χ4n) is 4.55. The molecule has 2 heterocycles. The first-order valence-corrected chi connectivity index (χ1v) is 10.6. The smallest absolute Gasteiger partial charge is 0.251 e. The van der Waals surface area contributed by atoms with Gasteiger partial charge in [-0.2, -0.15) is 0 Å². The number of piperidine rings is 1. The molecule has 2 aromatic rings. The van der Waals surface area contributed by atoms with Crippen molar-refractivity contribution in [1.29, 1.82) is 0 Å². The molecular formula is C21H30N6O. The maximum Gasteiger partial charge on any atom is 0.251 e. The first kappa shape index (κ1) is 19.1. The normalized spacial score (nSPS) is 21.9. The van der Waals surface area contributed by atoms with Crippen molar-refractivity contribution in [3.05, 3.63) is 41.7 Å². The van der Waals surface area contributed by atoms with Gasteiger partial charge in [0, 0.05) is 24.2 Å². The number of tetrazole rings is 1. The van der Waals surface area contributed by atoms with Gasteiger partial charge in [0.05, 0.1) is 6.54 Å². The molecule has 1 aromatic carbocycles. The van der Waals surface area contributed by atoms with Crippen molar-refractivity contribution in [3.63, 3.8) is 0 Å². The van der Waals surface area contributed by atoms with Gasteiger partial charge in [-0.25, -0.2) is 4.68 Å². The third-order valence-electron chi connectivity index (χ3n) is 6.08. The van der Waals surface area contributed by atoms with Crippen molar-refractivity contribution < 1.29 is 4.79 Å². The molecule has 2 fully saturated rings. The summed E-state index contributed by atoms with van der Waals surface area (Å²) >= 11 is 0. The molecule has 1 N–H and O–H groups in total. The van der Waals surface area contributed by atoms with Crippen LogP contribution >= 0.6 is 0 Å². The van der Waals surface area contributed by atoms with Crippen LogP contribution < -0.4 is 5.32 Å². The van der Waals surface area contributed by atoms with Crippen molar-refractivity contribution in [1.82, 2.24) is 30.4 Å². The Hall–Kier alpha value is -2.28. The van der Waals surface area contributed by atoms with Gasteiger partial charge in [0.15, 0.2) is 0 Å². The van der Waals surface area contributed by atoms with E-state index < -0.39 is 0 Å². The number of nitrogens with zero attached hydrogens (tertiary/aromatic N) is 5. The van der Waals surface area contributed by atoms with Crippen molar-refractivity contribution in [2.45, 2.75) is 70.0 Å². The van der Waals surface area contributed by atoms with E-state index in [2.05, 4.69) is 25.7 Å². The van der Waals surface area contributed by atoms with Gasteiger partial charge in [-0.1, -0.05) is 37.8 Å². The minimum Gasteiger partial charge on any atom is -0.348 e. The van der Waals surface area contributed by atoms with E-state index >= 15 is 0 Å². The van der Waals surface area contributed by atoms with Gasteiger partial charge in [-0.15, -0.1) is 5.10 Å². The Kier molecular flexibility index (Phi) is 6.31. The zero-order valence-corrected chi connectivity index (χ0v) is 16.5. The predicted molar refractivity (Wildman–Crippen MR) is 107 cm³/mol. The van der Waals surface area contributed by atoms with Crippen LogP contribution in [0.2, 0.25) is 0 Å². The summed E-state index contributed by atoms with van der Waals surface area (Å²) in [7, 11) is 0. The Labute approximate surface area is 166 Å². The molecule has 7 heteroatoms. The van der Waals surface area contributed by atoms with Crippen molar-refractivity contribution in [2.24, 2.45) is 0 Å². The molecule has 1 saturated heterocycles. The van der Waals surface area contributed by atoms with E-state index in [1.165, 1.54) is 51.5 Å². The van der Waals surface area contributed by atoms with E-state index in [1.807, 2.05) is 24.3 Å². The third kappa shape index (κ3) is 4.95. The number of aromatic nitrogens is 4.